The molecule has 15 heavy (non-hydrogen) atoms. The predicted molar refractivity (Wildman–Crippen MR) is 55.8 cm³/mol. The van der Waals surface area contributed by atoms with E-state index in [0.717, 1.165) is 31.8 Å². The van der Waals surface area contributed by atoms with Gasteiger partial charge in [-0.05, 0) is 18.8 Å². The number of rotatable bonds is 3. The van der Waals surface area contributed by atoms with E-state index in [4.69, 9.17) is 5.73 Å². The third-order valence-corrected chi connectivity index (χ3v) is 2.86. The molecule has 1 fully saturated rings. The molecule has 1 saturated carbocycles. The summed E-state index contributed by atoms with van der Waals surface area (Å²) in [6.07, 6.45) is 5.75. The molecule has 1 aromatic heterocycles. The SMILES string of the molecule is NC1CCCC1CNc1ncc(F)cn1. The summed E-state index contributed by atoms with van der Waals surface area (Å²) in [5.74, 6) is 0.535. The van der Waals surface area contributed by atoms with E-state index in [9.17, 15) is 4.39 Å². The predicted octanol–water partition coefficient (Wildman–Crippen LogP) is 1.15. The summed E-state index contributed by atoms with van der Waals surface area (Å²) in [6, 6.07) is 0.276. The standard InChI is InChI=1S/C10H15FN4/c11-8-5-14-10(15-6-8)13-4-7-2-1-3-9(7)12/h5-7,9H,1-4,12H2,(H,13,14,15). The van der Waals surface area contributed by atoms with Crippen molar-refractivity contribution in [3.63, 3.8) is 0 Å². The van der Waals surface area contributed by atoms with Gasteiger partial charge in [0.25, 0.3) is 0 Å². The van der Waals surface area contributed by atoms with E-state index >= 15 is 0 Å². The monoisotopic (exact) mass is 210 g/mol. The summed E-state index contributed by atoms with van der Waals surface area (Å²) >= 11 is 0. The largest absolute Gasteiger partial charge is 0.354 e. The van der Waals surface area contributed by atoms with Crippen molar-refractivity contribution in [3.8, 4) is 0 Å². The van der Waals surface area contributed by atoms with Crippen LogP contribution in [0.1, 0.15) is 19.3 Å². The molecule has 0 amide bonds. The van der Waals surface area contributed by atoms with E-state index in [0.29, 0.717) is 11.9 Å². The molecule has 0 aromatic carbocycles. The average molecular weight is 210 g/mol. The lowest BCUT2D eigenvalue weighted by Gasteiger charge is -2.15. The van der Waals surface area contributed by atoms with Gasteiger partial charge >= 0.3 is 0 Å². The topological polar surface area (TPSA) is 63.8 Å². The zero-order valence-corrected chi connectivity index (χ0v) is 8.49. The van der Waals surface area contributed by atoms with Gasteiger partial charge in [-0.3, -0.25) is 0 Å². The van der Waals surface area contributed by atoms with Gasteiger partial charge in [0.1, 0.15) is 0 Å². The molecule has 4 nitrogen and oxygen atoms in total. The van der Waals surface area contributed by atoms with Crippen molar-refractivity contribution in [2.75, 3.05) is 11.9 Å². The van der Waals surface area contributed by atoms with Crippen LogP contribution in [-0.2, 0) is 0 Å². The number of hydrogen-bond donors (Lipinski definition) is 2. The molecule has 0 radical (unpaired) electrons. The maximum Gasteiger partial charge on any atom is 0.222 e. The van der Waals surface area contributed by atoms with Gasteiger partial charge in [-0.2, -0.15) is 0 Å². The quantitative estimate of drug-likeness (QED) is 0.785. The summed E-state index contributed by atoms with van der Waals surface area (Å²) < 4.78 is 12.5. The van der Waals surface area contributed by atoms with E-state index < -0.39 is 5.82 Å². The fourth-order valence-electron chi connectivity index (χ4n) is 1.94. The highest BCUT2D eigenvalue weighted by Crippen LogP contribution is 2.23. The smallest absolute Gasteiger partial charge is 0.222 e. The maximum absolute atomic E-state index is 12.5. The summed E-state index contributed by atoms with van der Waals surface area (Å²) in [5.41, 5.74) is 5.93. The van der Waals surface area contributed by atoms with Crippen molar-refractivity contribution < 1.29 is 4.39 Å². The molecule has 2 rings (SSSR count). The molecule has 0 spiro atoms. The molecule has 1 aliphatic carbocycles. The van der Waals surface area contributed by atoms with Crippen LogP contribution in [0.3, 0.4) is 0 Å². The van der Waals surface area contributed by atoms with Crippen LogP contribution >= 0.6 is 0 Å². The number of nitrogens with zero attached hydrogens (tertiary/aromatic N) is 2. The number of nitrogens with one attached hydrogen (secondary N) is 1. The Labute approximate surface area is 88.1 Å². The first kappa shape index (κ1) is 10.3. The van der Waals surface area contributed by atoms with Crippen molar-refractivity contribution in [1.29, 1.82) is 0 Å². The van der Waals surface area contributed by atoms with Crippen molar-refractivity contribution in [1.82, 2.24) is 9.97 Å². The van der Waals surface area contributed by atoms with Crippen molar-refractivity contribution >= 4 is 5.95 Å². The first-order valence-electron chi connectivity index (χ1n) is 5.22. The normalized spacial score (nSPS) is 25.5. The van der Waals surface area contributed by atoms with E-state index in [1.165, 1.54) is 6.42 Å². The Bertz CT molecular complexity index is 314. The van der Waals surface area contributed by atoms with Crippen LogP contribution < -0.4 is 11.1 Å². The lowest BCUT2D eigenvalue weighted by atomic mass is 10.1. The number of anilines is 1. The molecule has 3 N–H and O–H groups in total. The van der Waals surface area contributed by atoms with E-state index in [-0.39, 0.29) is 6.04 Å². The number of nitrogens with two attached hydrogens (primary N) is 1. The highest BCUT2D eigenvalue weighted by molar-refractivity contribution is 5.22. The highest BCUT2D eigenvalue weighted by Gasteiger charge is 2.23. The minimum atomic E-state index is -0.418. The van der Waals surface area contributed by atoms with Gasteiger partial charge in [-0.1, -0.05) is 6.42 Å². The molecular weight excluding hydrogens is 195 g/mol. The van der Waals surface area contributed by atoms with Gasteiger partial charge in [-0.25, -0.2) is 14.4 Å². The molecule has 0 aliphatic heterocycles. The summed E-state index contributed by atoms with van der Waals surface area (Å²) in [4.78, 5) is 7.65. The molecule has 0 saturated heterocycles. The van der Waals surface area contributed by atoms with Crippen molar-refractivity contribution in [2.24, 2.45) is 11.7 Å². The lowest BCUT2D eigenvalue weighted by molar-refractivity contribution is 0.503. The van der Waals surface area contributed by atoms with Gasteiger partial charge in [-0.15, -0.1) is 0 Å². The van der Waals surface area contributed by atoms with E-state index in [1.54, 1.807) is 0 Å². The Balaban J connectivity index is 1.85. The second-order valence-corrected chi connectivity index (χ2v) is 3.96. The third-order valence-electron chi connectivity index (χ3n) is 2.86. The summed E-state index contributed by atoms with van der Waals surface area (Å²) in [7, 11) is 0. The first-order chi connectivity index (χ1) is 7.25. The van der Waals surface area contributed by atoms with Crippen LogP contribution in [0.2, 0.25) is 0 Å². The van der Waals surface area contributed by atoms with E-state index in [1.807, 2.05) is 0 Å². The Morgan fingerprint density at radius 3 is 2.73 bits per heavy atom. The van der Waals surface area contributed by atoms with Crippen molar-refractivity contribution in [2.45, 2.75) is 25.3 Å². The molecule has 1 aliphatic rings. The molecule has 0 bridgehead atoms. The van der Waals surface area contributed by atoms with Crippen LogP contribution in [0.5, 0.6) is 0 Å². The number of aromatic nitrogens is 2. The van der Waals surface area contributed by atoms with Gasteiger partial charge < -0.3 is 11.1 Å². The first-order valence-corrected chi connectivity index (χ1v) is 5.22. The summed E-state index contributed by atoms with van der Waals surface area (Å²) in [6.45, 7) is 0.771. The molecule has 2 unspecified atom stereocenters. The van der Waals surface area contributed by atoms with E-state index in [2.05, 4.69) is 15.3 Å². The third kappa shape index (κ3) is 2.62. The molecule has 82 valence electrons. The Morgan fingerprint density at radius 2 is 2.13 bits per heavy atom. The maximum atomic E-state index is 12.5. The molecule has 5 heteroatoms. The lowest BCUT2D eigenvalue weighted by Crippen LogP contribution is -2.29. The van der Waals surface area contributed by atoms with Crippen LogP contribution in [0.15, 0.2) is 12.4 Å². The van der Waals surface area contributed by atoms with Crippen LogP contribution in [-0.4, -0.2) is 22.6 Å². The highest BCUT2D eigenvalue weighted by atomic mass is 19.1. The van der Waals surface area contributed by atoms with Gasteiger partial charge in [0.2, 0.25) is 5.95 Å². The number of halogens is 1. The molecular formula is C10H15FN4. The van der Waals surface area contributed by atoms with Crippen LogP contribution in [0.25, 0.3) is 0 Å². The molecule has 2 atom stereocenters. The van der Waals surface area contributed by atoms with Crippen molar-refractivity contribution in [3.05, 3.63) is 18.2 Å². The Morgan fingerprint density at radius 1 is 1.40 bits per heavy atom. The van der Waals surface area contributed by atoms with Crippen LogP contribution in [0, 0.1) is 11.7 Å². The van der Waals surface area contributed by atoms with Gasteiger partial charge in [0, 0.05) is 12.6 Å². The fraction of sp³-hybridized carbons (Fsp3) is 0.600. The zero-order chi connectivity index (χ0) is 10.7. The zero-order valence-electron chi connectivity index (χ0n) is 8.49. The average Bonchev–Trinajstić information content (AvgIpc) is 2.63. The van der Waals surface area contributed by atoms with Gasteiger partial charge in [0.15, 0.2) is 5.82 Å². The molecule has 1 aromatic rings. The summed E-state index contributed by atoms with van der Waals surface area (Å²) in [5, 5.41) is 3.08. The minimum absolute atomic E-state index is 0.276. The number of hydrogen-bond acceptors (Lipinski definition) is 4. The Kier molecular flexibility index (Phi) is 3.11. The molecule has 1 heterocycles. The van der Waals surface area contributed by atoms with Crippen LogP contribution in [0.4, 0.5) is 10.3 Å². The second kappa shape index (κ2) is 4.53. The second-order valence-electron chi connectivity index (χ2n) is 3.96. The van der Waals surface area contributed by atoms with Gasteiger partial charge in [0.05, 0.1) is 12.4 Å². The fourth-order valence-corrected chi connectivity index (χ4v) is 1.94. The Hall–Kier alpha value is -1.23. The minimum Gasteiger partial charge on any atom is -0.354 e.